The van der Waals surface area contributed by atoms with Crippen molar-refractivity contribution in [3.63, 3.8) is 0 Å². The standard InChI is InChI=1S/C17H17NO4/c1-21-14-9-8-12(10-15(14)22-2)16(19)17(20,11-18)13-6-4-3-5-7-13/h3-10,16,19-20H,1-2H3. The topological polar surface area (TPSA) is 82.7 Å². The molecule has 0 aliphatic carbocycles. The van der Waals surface area contributed by atoms with Crippen LogP contribution in [0, 0.1) is 11.3 Å². The molecule has 114 valence electrons. The number of benzene rings is 2. The number of hydrogen-bond acceptors (Lipinski definition) is 5. The van der Waals surface area contributed by atoms with E-state index < -0.39 is 11.7 Å². The van der Waals surface area contributed by atoms with Gasteiger partial charge < -0.3 is 19.7 Å². The summed E-state index contributed by atoms with van der Waals surface area (Å²) >= 11 is 0. The summed E-state index contributed by atoms with van der Waals surface area (Å²) in [4.78, 5) is 0. The van der Waals surface area contributed by atoms with Crippen LogP contribution < -0.4 is 9.47 Å². The van der Waals surface area contributed by atoms with E-state index in [9.17, 15) is 15.5 Å². The summed E-state index contributed by atoms with van der Waals surface area (Å²) in [5, 5.41) is 30.5. The van der Waals surface area contributed by atoms with Crippen LogP contribution in [0.2, 0.25) is 0 Å². The molecule has 0 saturated heterocycles. The van der Waals surface area contributed by atoms with Crippen molar-refractivity contribution in [2.75, 3.05) is 14.2 Å². The molecule has 2 aromatic carbocycles. The quantitative estimate of drug-likeness (QED) is 0.827. The van der Waals surface area contributed by atoms with Crippen molar-refractivity contribution in [1.82, 2.24) is 0 Å². The second-order valence-electron chi connectivity index (χ2n) is 4.76. The fraction of sp³-hybridized carbons (Fsp3) is 0.235. The van der Waals surface area contributed by atoms with Crippen LogP contribution in [0.15, 0.2) is 48.5 Å². The normalized spacial score (nSPS) is 14.5. The molecule has 0 fully saturated rings. The highest BCUT2D eigenvalue weighted by atomic mass is 16.5. The minimum absolute atomic E-state index is 0.319. The van der Waals surface area contributed by atoms with Crippen LogP contribution in [0.5, 0.6) is 11.5 Å². The maximum absolute atomic E-state index is 10.6. The molecular formula is C17H17NO4. The summed E-state index contributed by atoms with van der Waals surface area (Å²) < 4.78 is 10.3. The number of nitriles is 1. The fourth-order valence-corrected chi connectivity index (χ4v) is 2.24. The van der Waals surface area contributed by atoms with Gasteiger partial charge in [0.25, 0.3) is 0 Å². The van der Waals surface area contributed by atoms with Crippen molar-refractivity contribution < 1.29 is 19.7 Å². The van der Waals surface area contributed by atoms with Gasteiger partial charge in [-0.2, -0.15) is 5.26 Å². The smallest absolute Gasteiger partial charge is 0.207 e. The summed E-state index contributed by atoms with van der Waals surface area (Å²) in [6.45, 7) is 0. The number of ether oxygens (including phenoxy) is 2. The molecule has 5 heteroatoms. The lowest BCUT2D eigenvalue weighted by atomic mass is 9.85. The summed E-state index contributed by atoms with van der Waals surface area (Å²) in [5.41, 5.74) is -1.38. The van der Waals surface area contributed by atoms with Crippen molar-refractivity contribution in [2.24, 2.45) is 0 Å². The molecule has 2 unspecified atom stereocenters. The van der Waals surface area contributed by atoms with Crippen molar-refractivity contribution in [3.05, 3.63) is 59.7 Å². The molecule has 0 bridgehead atoms. The van der Waals surface area contributed by atoms with Gasteiger partial charge in [0.2, 0.25) is 5.60 Å². The molecule has 2 aromatic rings. The first-order chi connectivity index (χ1) is 10.6. The van der Waals surface area contributed by atoms with Gasteiger partial charge in [-0.1, -0.05) is 36.4 Å². The van der Waals surface area contributed by atoms with E-state index in [1.165, 1.54) is 20.3 Å². The van der Waals surface area contributed by atoms with Crippen molar-refractivity contribution in [2.45, 2.75) is 11.7 Å². The zero-order valence-corrected chi connectivity index (χ0v) is 12.4. The zero-order chi connectivity index (χ0) is 16.2. The van der Waals surface area contributed by atoms with Gasteiger partial charge in [-0.05, 0) is 17.7 Å². The third-order valence-corrected chi connectivity index (χ3v) is 3.50. The summed E-state index contributed by atoms with van der Waals surface area (Å²) in [7, 11) is 2.98. The van der Waals surface area contributed by atoms with Crippen molar-refractivity contribution >= 4 is 0 Å². The average Bonchev–Trinajstić information content (AvgIpc) is 2.60. The van der Waals surface area contributed by atoms with E-state index in [2.05, 4.69) is 0 Å². The van der Waals surface area contributed by atoms with Gasteiger partial charge in [0, 0.05) is 5.56 Å². The van der Waals surface area contributed by atoms with Gasteiger partial charge in [-0.3, -0.25) is 0 Å². The monoisotopic (exact) mass is 299 g/mol. The molecule has 0 aliphatic rings. The molecule has 5 nitrogen and oxygen atoms in total. The molecule has 22 heavy (non-hydrogen) atoms. The molecular weight excluding hydrogens is 282 g/mol. The zero-order valence-electron chi connectivity index (χ0n) is 12.4. The summed E-state index contributed by atoms with van der Waals surface area (Å²) in [6.07, 6.45) is -1.43. The second kappa shape index (κ2) is 6.48. The lowest BCUT2D eigenvalue weighted by molar-refractivity contribution is -0.0399. The van der Waals surface area contributed by atoms with Gasteiger partial charge in [0.05, 0.1) is 14.2 Å². The first-order valence-electron chi connectivity index (χ1n) is 6.66. The minimum Gasteiger partial charge on any atom is -0.493 e. The number of nitrogens with zero attached hydrogens (tertiary/aromatic N) is 1. The molecule has 0 aromatic heterocycles. The predicted molar refractivity (Wildman–Crippen MR) is 80.5 cm³/mol. The lowest BCUT2D eigenvalue weighted by Crippen LogP contribution is -2.32. The van der Waals surface area contributed by atoms with Gasteiger partial charge in [0.1, 0.15) is 12.2 Å². The van der Waals surface area contributed by atoms with Crippen LogP contribution in [0.4, 0.5) is 0 Å². The Hall–Kier alpha value is -2.55. The fourth-order valence-electron chi connectivity index (χ4n) is 2.24. The van der Waals surface area contributed by atoms with Gasteiger partial charge in [-0.25, -0.2) is 0 Å². The highest BCUT2D eigenvalue weighted by Gasteiger charge is 2.39. The van der Waals surface area contributed by atoms with E-state index in [0.717, 1.165) is 0 Å². The number of aliphatic hydroxyl groups excluding tert-OH is 1. The van der Waals surface area contributed by atoms with Gasteiger partial charge in [0.15, 0.2) is 11.5 Å². The molecule has 0 heterocycles. The lowest BCUT2D eigenvalue weighted by Gasteiger charge is -2.27. The highest BCUT2D eigenvalue weighted by molar-refractivity contribution is 5.45. The Morgan fingerprint density at radius 1 is 1.05 bits per heavy atom. The van der Waals surface area contributed by atoms with E-state index in [1.54, 1.807) is 48.5 Å². The highest BCUT2D eigenvalue weighted by Crippen LogP contribution is 2.38. The van der Waals surface area contributed by atoms with Gasteiger partial charge in [-0.15, -0.1) is 0 Å². The van der Waals surface area contributed by atoms with E-state index in [4.69, 9.17) is 9.47 Å². The van der Waals surface area contributed by atoms with Crippen molar-refractivity contribution in [1.29, 1.82) is 5.26 Å². The third kappa shape index (κ3) is 2.75. The molecule has 2 rings (SSSR count). The Bertz CT molecular complexity index is 681. The number of rotatable bonds is 5. The Morgan fingerprint density at radius 3 is 2.23 bits per heavy atom. The minimum atomic E-state index is -2.05. The average molecular weight is 299 g/mol. The van der Waals surface area contributed by atoms with E-state index in [-0.39, 0.29) is 0 Å². The van der Waals surface area contributed by atoms with E-state index in [1.807, 2.05) is 0 Å². The Kier molecular flexibility index (Phi) is 4.66. The number of hydrogen-bond donors (Lipinski definition) is 2. The van der Waals surface area contributed by atoms with Crippen LogP contribution in [0.3, 0.4) is 0 Å². The molecule has 0 spiro atoms. The van der Waals surface area contributed by atoms with Gasteiger partial charge >= 0.3 is 0 Å². The largest absolute Gasteiger partial charge is 0.493 e. The van der Waals surface area contributed by atoms with Crippen LogP contribution in [0.1, 0.15) is 17.2 Å². The summed E-state index contributed by atoms with van der Waals surface area (Å²) in [6, 6.07) is 14.9. The Morgan fingerprint density at radius 2 is 1.68 bits per heavy atom. The van der Waals surface area contributed by atoms with Crippen LogP contribution in [0.25, 0.3) is 0 Å². The first-order valence-corrected chi connectivity index (χ1v) is 6.66. The van der Waals surface area contributed by atoms with E-state index >= 15 is 0 Å². The molecule has 0 amide bonds. The third-order valence-electron chi connectivity index (χ3n) is 3.50. The number of aliphatic hydroxyl groups is 2. The predicted octanol–water partition coefficient (Wildman–Crippen LogP) is 2.15. The molecule has 0 saturated carbocycles. The van der Waals surface area contributed by atoms with Crippen LogP contribution in [-0.2, 0) is 5.60 Å². The SMILES string of the molecule is COc1ccc(C(O)C(O)(C#N)c2ccccc2)cc1OC. The maximum atomic E-state index is 10.6. The second-order valence-corrected chi connectivity index (χ2v) is 4.76. The maximum Gasteiger partial charge on any atom is 0.207 e. The molecule has 0 aliphatic heterocycles. The van der Waals surface area contributed by atoms with E-state index in [0.29, 0.717) is 22.6 Å². The van der Waals surface area contributed by atoms with Crippen LogP contribution in [-0.4, -0.2) is 24.4 Å². The first kappa shape index (κ1) is 15.8. The molecule has 2 atom stereocenters. The van der Waals surface area contributed by atoms with Crippen molar-refractivity contribution in [3.8, 4) is 17.6 Å². The Labute approximate surface area is 129 Å². The summed E-state index contributed by atoms with van der Waals surface area (Å²) in [5.74, 6) is 0.908. The van der Waals surface area contributed by atoms with Crippen LogP contribution >= 0.6 is 0 Å². The molecule has 2 N–H and O–H groups in total. The molecule has 0 radical (unpaired) electrons. The Balaban J connectivity index is 2.45. The number of methoxy groups -OCH3 is 2.